The maximum absolute atomic E-state index is 12.3. The Morgan fingerprint density at radius 1 is 1.29 bits per heavy atom. The number of halogens is 3. The number of hydrogen-bond donors (Lipinski definition) is 3. The number of carboxylic acids is 1. The Morgan fingerprint density at radius 2 is 1.81 bits per heavy atom. The van der Waals surface area contributed by atoms with Crippen LogP contribution in [0.25, 0.3) is 0 Å². The van der Waals surface area contributed by atoms with Crippen molar-refractivity contribution in [1.82, 2.24) is 4.72 Å². The molecular formula is C11H13F3N2O4S. The summed E-state index contributed by atoms with van der Waals surface area (Å²) in [6.07, 6.45) is -4.47. The van der Waals surface area contributed by atoms with Crippen LogP contribution < -0.4 is 10.5 Å². The van der Waals surface area contributed by atoms with E-state index in [1.54, 1.807) is 0 Å². The van der Waals surface area contributed by atoms with Crippen LogP contribution >= 0.6 is 0 Å². The largest absolute Gasteiger partial charge is 0.480 e. The highest BCUT2D eigenvalue weighted by Gasteiger charge is 2.30. The van der Waals surface area contributed by atoms with E-state index in [2.05, 4.69) is 4.72 Å². The summed E-state index contributed by atoms with van der Waals surface area (Å²) in [7, 11) is -3.94. The number of rotatable bonds is 6. The van der Waals surface area contributed by atoms with Crippen LogP contribution in [0.3, 0.4) is 0 Å². The van der Waals surface area contributed by atoms with E-state index in [9.17, 15) is 26.4 Å². The monoisotopic (exact) mass is 326 g/mol. The van der Waals surface area contributed by atoms with Crippen molar-refractivity contribution in [2.45, 2.75) is 18.8 Å². The molecule has 4 N–H and O–H groups in total. The Labute approximate surface area is 118 Å². The molecule has 1 atom stereocenters. The number of benzene rings is 1. The number of carboxylic acid groups (broad SMARTS) is 1. The molecule has 0 fully saturated rings. The van der Waals surface area contributed by atoms with Crippen LogP contribution in [0.1, 0.15) is 11.1 Å². The zero-order valence-corrected chi connectivity index (χ0v) is 11.4. The molecule has 10 heteroatoms. The second-order valence-corrected chi connectivity index (χ2v) is 6.09. The molecule has 0 radical (unpaired) electrons. The van der Waals surface area contributed by atoms with Gasteiger partial charge in [-0.05, 0) is 17.7 Å². The summed E-state index contributed by atoms with van der Waals surface area (Å²) in [5.74, 6) is -2.28. The molecule has 0 aliphatic heterocycles. The van der Waals surface area contributed by atoms with E-state index >= 15 is 0 Å². The van der Waals surface area contributed by atoms with E-state index in [1.165, 1.54) is 0 Å². The summed E-state index contributed by atoms with van der Waals surface area (Å²) in [6, 6.07) is 2.33. The Bertz CT molecular complexity index is 599. The van der Waals surface area contributed by atoms with Gasteiger partial charge >= 0.3 is 12.1 Å². The lowest BCUT2D eigenvalue weighted by atomic mass is 10.1. The van der Waals surface area contributed by atoms with Crippen molar-refractivity contribution in [3.63, 3.8) is 0 Å². The molecule has 0 aliphatic rings. The summed E-state index contributed by atoms with van der Waals surface area (Å²) in [6.45, 7) is -0.257. The maximum atomic E-state index is 12.3. The van der Waals surface area contributed by atoms with Crippen LogP contribution in [-0.2, 0) is 27.5 Å². The molecule has 6 nitrogen and oxygen atoms in total. The number of aliphatic carboxylic acids is 1. The number of sulfonamides is 1. The van der Waals surface area contributed by atoms with E-state index < -0.39 is 39.5 Å². The van der Waals surface area contributed by atoms with Crippen LogP contribution in [-0.4, -0.2) is 31.3 Å². The minimum atomic E-state index is -4.47. The molecular weight excluding hydrogens is 313 g/mol. The van der Waals surface area contributed by atoms with Crippen molar-refractivity contribution in [3.8, 4) is 0 Å². The third-order valence-electron chi connectivity index (χ3n) is 2.49. The van der Waals surface area contributed by atoms with Crippen molar-refractivity contribution in [3.05, 3.63) is 35.4 Å². The highest BCUT2D eigenvalue weighted by Crippen LogP contribution is 2.29. The van der Waals surface area contributed by atoms with Crippen molar-refractivity contribution in [2.75, 3.05) is 5.75 Å². The average molecular weight is 326 g/mol. The topological polar surface area (TPSA) is 109 Å². The smallest absolute Gasteiger partial charge is 0.416 e. The first kappa shape index (κ1) is 17.4. The van der Waals surface area contributed by atoms with E-state index in [4.69, 9.17) is 10.8 Å². The number of carbonyl (C=O) groups is 1. The summed E-state index contributed by atoms with van der Waals surface area (Å²) < 4.78 is 62.1. The molecule has 1 unspecified atom stereocenters. The lowest BCUT2D eigenvalue weighted by Crippen LogP contribution is -2.41. The fourth-order valence-electron chi connectivity index (χ4n) is 1.37. The highest BCUT2D eigenvalue weighted by molar-refractivity contribution is 7.89. The predicted octanol–water partition coefficient (Wildman–Crippen LogP) is 0.537. The predicted molar refractivity (Wildman–Crippen MR) is 67.7 cm³/mol. The van der Waals surface area contributed by atoms with E-state index in [1.807, 2.05) is 0 Å². The SMILES string of the molecule is NC(CS(=O)(=O)NCc1ccc(C(F)(F)F)cc1)C(=O)O. The number of hydrogen-bond acceptors (Lipinski definition) is 4. The van der Waals surface area contributed by atoms with Gasteiger partial charge in [0.25, 0.3) is 0 Å². The molecule has 0 heterocycles. The standard InChI is InChI=1S/C11H13F3N2O4S/c12-11(13,14)8-3-1-7(2-4-8)5-16-21(19,20)6-9(15)10(17)18/h1-4,9,16H,5-6,15H2,(H,17,18). The molecule has 1 aromatic rings. The van der Waals surface area contributed by atoms with E-state index in [-0.39, 0.29) is 6.54 Å². The molecule has 21 heavy (non-hydrogen) atoms. The van der Waals surface area contributed by atoms with Gasteiger partial charge in [-0.2, -0.15) is 13.2 Å². The van der Waals surface area contributed by atoms with Gasteiger partial charge in [0.05, 0.1) is 11.3 Å². The van der Waals surface area contributed by atoms with E-state index in [0.29, 0.717) is 5.56 Å². The van der Waals surface area contributed by atoms with Crippen LogP contribution in [0.2, 0.25) is 0 Å². The second kappa shape index (κ2) is 6.41. The molecule has 0 saturated carbocycles. The Hall–Kier alpha value is -1.65. The van der Waals surface area contributed by atoms with Gasteiger partial charge < -0.3 is 10.8 Å². The molecule has 118 valence electrons. The minimum Gasteiger partial charge on any atom is -0.480 e. The first-order chi connectivity index (χ1) is 9.51. The third kappa shape index (κ3) is 5.69. The van der Waals surface area contributed by atoms with Crippen LogP contribution in [0, 0.1) is 0 Å². The molecule has 0 spiro atoms. The van der Waals surface area contributed by atoms with Crippen molar-refractivity contribution < 1.29 is 31.5 Å². The number of nitrogens with one attached hydrogen (secondary N) is 1. The molecule has 0 aromatic heterocycles. The highest BCUT2D eigenvalue weighted by atomic mass is 32.2. The number of nitrogens with two attached hydrogens (primary N) is 1. The fraction of sp³-hybridized carbons (Fsp3) is 0.364. The van der Waals surface area contributed by atoms with Crippen molar-refractivity contribution >= 4 is 16.0 Å². The Morgan fingerprint density at radius 3 is 2.24 bits per heavy atom. The third-order valence-corrected chi connectivity index (χ3v) is 3.88. The molecule has 1 aromatic carbocycles. The Kier molecular flexibility index (Phi) is 5.31. The normalized spacial score (nSPS) is 13.9. The van der Waals surface area contributed by atoms with Crippen molar-refractivity contribution in [2.24, 2.45) is 5.73 Å². The van der Waals surface area contributed by atoms with Gasteiger partial charge in [-0.3, -0.25) is 4.79 Å². The minimum absolute atomic E-state index is 0.257. The molecule has 0 amide bonds. The molecule has 1 rings (SSSR count). The zero-order valence-electron chi connectivity index (χ0n) is 10.6. The summed E-state index contributed by atoms with van der Waals surface area (Å²) in [5.41, 5.74) is 4.55. The van der Waals surface area contributed by atoms with Crippen molar-refractivity contribution in [1.29, 1.82) is 0 Å². The van der Waals surface area contributed by atoms with Crippen LogP contribution in [0.4, 0.5) is 13.2 Å². The van der Waals surface area contributed by atoms with Gasteiger partial charge in [0.2, 0.25) is 10.0 Å². The van der Waals surface area contributed by atoms with Gasteiger partial charge in [-0.25, -0.2) is 13.1 Å². The summed E-state index contributed by atoms with van der Waals surface area (Å²) >= 11 is 0. The van der Waals surface area contributed by atoms with Gasteiger partial charge in [-0.1, -0.05) is 12.1 Å². The van der Waals surface area contributed by atoms with Gasteiger partial charge in [0, 0.05) is 6.54 Å². The lowest BCUT2D eigenvalue weighted by molar-refractivity contribution is -0.138. The summed E-state index contributed by atoms with van der Waals surface area (Å²) in [4.78, 5) is 10.5. The zero-order chi connectivity index (χ0) is 16.3. The van der Waals surface area contributed by atoms with Crippen LogP contribution in [0.15, 0.2) is 24.3 Å². The first-order valence-corrected chi connectivity index (χ1v) is 7.28. The molecule has 0 aliphatic carbocycles. The molecule has 0 bridgehead atoms. The van der Waals surface area contributed by atoms with Gasteiger partial charge in [0.15, 0.2) is 0 Å². The van der Waals surface area contributed by atoms with E-state index in [0.717, 1.165) is 24.3 Å². The van der Waals surface area contributed by atoms with Crippen LogP contribution in [0.5, 0.6) is 0 Å². The summed E-state index contributed by atoms with van der Waals surface area (Å²) in [5, 5.41) is 8.51. The second-order valence-electron chi connectivity index (χ2n) is 4.24. The number of alkyl halides is 3. The molecule has 0 saturated heterocycles. The van der Waals surface area contributed by atoms with Gasteiger partial charge in [0.1, 0.15) is 6.04 Å². The lowest BCUT2D eigenvalue weighted by Gasteiger charge is -2.10. The first-order valence-electron chi connectivity index (χ1n) is 5.63. The maximum Gasteiger partial charge on any atom is 0.416 e. The Balaban J connectivity index is 2.65. The van der Waals surface area contributed by atoms with Gasteiger partial charge in [-0.15, -0.1) is 0 Å². The quantitative estimate of drug-likeness (QED) is 0.707. The fourth-order valence-corrected chi connectivity index (χ4v) is 2.49. The average Bonchev–Trinajstić information content (AvgIpc) is 2.35.